The third-order valence-electron chi connectivity index (χ3n) is 3.85. The van der Waals surface area contributed by atoms with Crippen LogP contribution in [0.4, 0.5) is 0 Å². The lowest BCUT2D eigenvalue weighted by atomic mass is 9.98. The molecular formula is C15H19N3O2. The van der Waals surface area contributed by atoms with Crippen molar-refractivity contribution < 1.29 is 9.53 Å². The number of carbonyl (C=O) groups is 1. The molecule has 1 aromatic heterocycles. The van der Waals surface area contributed by atoms with Crippen molar-refractivity contribution in [1.82, 2.24) is 14.9 Å². The molecule has 1 aromatic carbocycles. The second kappa shape index (κ2) is 5.63. The van der Waals surface area contributed by atoms with Crippen LogP contribution in [0, 0.1) is 5.92 Å². The molecule has 0 unspecified atom stereocenters. The van der Waals surface area contributed by atoms with Gasteiger partial charge in [-0.2, -0.15) is 0 Å². The first-order valence-electron chi connectivity index (χ1n) is 7.00. The maximum absolute atomic E-state index is 11.6. The number of H-pyrrole nitrogens is 1. The van der Waals surface area contributed by atoms with Crippen LogP contribution in [0.15, 0.2) is 24.3 Å². The number of methoxy groups -OCH3 is 1. The van der Waals surface area contributed by atoms with Gasteiger partial charge in [0.1, 0.15) is 5.82 Å². The minimum absolute atomic E-state index is 0.00173. The van der Waals surface area contributed by atoms with E-state index >= 15 is 0 Å². The Balaban J connectivity index is 1.69. The highest BCUT2D eigenvalue weighted by Gasteiger charge is 2.26. The van der Waals surface area contributed by atoms with Crippen molar-refractivity contribution in [3.63, 3.8) is 0 Å². The third kappa shape index (κ3) is 2.67. The summed E-state index contributed by atoms with van der Waals surface area (Å²) in [7, 11) is 1.46. The van der Waals surface area contributed by atoms with Gasteiger partial charge in [0.15, 0.2) is 0 Å². The van der Waals surface area contributed by atoms with Gasteiger partial charge in [0.25, 0.3) is 0 Å². The minimum Gasteiger partial charge on any atom is -0.469 e. The number of likely N-dealkylation sites (tertiary alicyclic amines) is 1. The van der Waals surface area contributed by atoms with Gasteiger partial charge in [-0.15, -0.1) is 0 Å². The monoisotopic (exact) mass is 273 g/mol. The predicted octanol–water partition coefficient (Wildman–Crippen LogP) is 1.95. The number of ether oxygens (including phenoxy) is 1. The molecule has 1 fully saturated rings. The Morgan fingerprint density at radius 1 is 1.50 bits per heavy atom. The van der Waals surface area contributed by atoms with Crippen LogP contribution in [0.5, 0.6) is 0 Å². The lowest BCUT2D eigenvalue weighted by molar-refractivity contribution is -0.147. The summed E-state index contributed by atoms with van der Waals surface area (Å²) in [5.41, 5.74) is 2.05. The number of rotatable bonds is 3. The van der Waals surface area contributed by atoms with Gasteiger partial charge >= 0.3 is 5.97 Å². The summed E-state index contributed by atoms with van der Waals surface area (Å²) in [4.78, 5) is 21.8. The fourth-order valence-electron chi connectivity index (χ4n) is 2.85. The molecule has 3 rings (SSSR count). The van der Waals surface area contributed by atoms with Crippen LogP contribution in [0.2, 0.25) is 0 Å². The lowest BCUT2D eigenvalue weighted by Gasteiger charge is -2.30. The highest BCUT2D eigenvalue weighted by molar-refractivity contribution is 5.74. The summed E-state index contributed by atoms with van der Waals surface area (Å²) in [6.45, 7) is 2.51. The number of esters is 1. The van der Waals surface area contributed by atoms with E-state index in [0.29, 0.717) is 0 Å². The standard InChI is InChI=1S/C15H19N3O2/c1-20-15(19)11-5-4-8-18(9-11)10-14-16-12-6-2-3-7-13(12)17-14/h2-3,6-7,11H,4-5,8-10H2,1H3,(H,16,17)/t11-/m0/s1. The molecule has 0 amide bonds. The zero-order valence-electron chi connectivity index (χ0n) is 11.6. The van der Waals surface area contributed by atoms with Gasteiger partial charge in [0, 0.05) is 6.54 Å². The highest BCUT2D eigenvalue weighted by Crippen LogP contribution is 2.20. The van der Waals surface area contributed by atoms with E-state index in [1.165, 1.54) is 7.11 Å². The highest BCUT2D eigenvalue weighted by atomic mass is 16.5. The van der Waals surface area contributed by atoms with Crippen molar-refractivity contribution in [2.45, 2.75) is 19.4 Å². The Morgan fingerprint density at radius 3 is 3.15 bits per heavy atom. The summed E-state index contributed by atoms with van der Waals surface area (Å²) in [6, 6.07) is 8.02. The van der Waals surface area contributed by atoms with Crippen LogP contribution >= 0.6 is 0 Å². The molecule has 0 saturated carbocycles. The molecule has 2 heterocycles. The largest absolute Gasteiger partial charge is 0.469 e. The molecule has 1 aliphatic heterocycles. The number of benzene rings is 1. The van der Waals surface area contributed by atoms with E-state index < -0.39 is 0 Å². The number of fused-ring (bicyclic) bond motifs is 1. The van der Waals surface area contributed by atoms with Crippen molar-refractivity contribution in [3.8, 4) is 0 Å². The van der Waals surface area contributed by atoms with Crippen molar-refractivity contribution >= 4 is 17.0 Å². The van der Waals surface area contributed by atoms with E-state index in [0.717, 1.165) is 49.3 Å². The van der Waals surface area contributed by atoms with Crippen molar-refractivity contribution in [1.29, 1.82) is 0 Å². The number of hydrogen-bond donors (Lipinski definition) is 1. The zero-order chi connectivity index (χ0) is 13.9. The van der Waals surface area contributed by atoms with Gasteiger partial charge in [-0.25, -0.2) is 4.98 Å². The van der Waals surface area contributed by atoms with Crippen LogP contribution in [0.1, 0.15) is 18.7 Å². The number of aromatic amines is 1. The van der Waals surface area contributed by atoms with Gasteiger partial charge in [0.2, 0.25) is 0 Å². The SMILES string of the molecule is COC(=O)[C@H]1CCCN(Cc2nc3ccccc3[nH]2)C1. The topological polar surface area (TPSA) is 58.2 Å². The molecule has 1 N–H and O–H groups in total. The van der Waals surface area contributed by atoms with Crippen LogP contribution in [-0.2, 0) is 16.1 Å². The summed E-state index contributed by atoms with van der Waals surface area (Å²) in [5.74, 6) is 0.856. The first-order chi connectivity index (χ1) is 9.76. The second-order valence-electron chi connectivity index (χ2n) is 5.30. The maximum Gasteiger partial charge on any atom is 0.309 e. The van der Waals surface area contributed by atoms with Crippen molar-refractivity contribution in [2.24, 2.45) is 5.92 Å². The van der Waals surface area contributed by atoms with Crippen LogP contribution in [0.25, 0.3) is 11.0 Å². The van der Waals surface area contributed by atoms with E-state index in [9.17, 15) is 4.79 Å². The summed E-state index contributed by atoms with van der Waals surface area (Å²) < 4.78 is 4.85. The average Bonchev–Trinajstić information content (AvgIpc) is 2.88. The molecule has 1 aliphatic rings. The number of piperidine rings is 1. The summed E-state index contributed by atoms with van der Waals surface area (Å²) in [6.07, 6.45) is 1.95. The molecule has 2 aromatic rings. The fourth-order valence-corrected chi connectivity index (χ4v) is 2.85. The van der Waals surface area contributed by atoms with Gasteiger partial charge in [-0.05, 0) is 31.5 Å². The van der Waals surface area contributed by atoms with Crippen LogP contribution in [0.3, 0.4) is 0 Å². The van der Waals surface area contributed by atoms with Crippen LogP contribution in [-0.4, -0.2) is 41.0 Å². The molecule has 1 atom stereocenters. The summed E-state index contributed by atoms with van der Waals surface area (Å²) in [5, 5.41) is 0. The molecule has 106 valence electrons. The van der Waals surface area contributed by atoms with E-state index in [4.69, 9.17) is 4.74 Å². The van der Waals surface area contributed by atoms with Gasteiger partial charge < -0.3 is 9.72 Å². The smallest absolute Gasteiger partial charge is 0.309 e. The number of hydrogen-bond acceptors (Lipinski definition) is 4. The molecule has 0 radical (unpaired) electrons. The number of imidazole rings is 1. The van der Waals surface area contributed by atoms with E-state index in [-0.39, 0.29) is 11.9 Å². The summed E-state index contributed by atoms with van der Waals surface area (Å²) >= 11 is 0. The number of nitrogens with one attached hydrogen (secondary N) is 1. The molecular weight excluding hydrogens is 254 g/mol. The first-order valence-corrected chi connectivity index (χ1v) is 7.00. The Kier molecular flexibility index (Phi) is 3.69. The molecule has 0 bridgehead atoms. The third-order valence-corrected chi connectivity index (χ3v) is 3.85. The van der Waals surface area contributed by atoms with E-state index in [2.05, 4.69) is 14.9 Å². The molecule has 0 aliphatic carbocycles. The predicted molar refractivity (Wildman–Crippen MR) is 76.1 cm³/mol. The van der Waals surface area contributed by atoms with E-state index in [1.54, 1.807) is 0 Å². The normalized spacial score (nSPS) is 20.1. The number of nitrogens with zero attached hydrogens (tertiary/aromatic N) is 2. The molecule has 20 heavy (non-hydrogen) atoms. The Morgan fingerprint density at radius 2 is 2.35 bits per heavy atom. The average molecular weight is 273 g/mol. The maximum atomic E-state index is 11.6. The van der Waals surface area contributed by atoms with Crippen LogP contribution < -0.4 is 0 Å². The number of para-hydroxylation sites is 2. The first kappa shape index (κ1) is 13.1. The molecule has 5 nitrogen and oxygen atoms in total. The van der Waals surface area contributed by atoms with Gasteiger partial charge in [-0.1, -0.05) is 12.1 Å². The molecule has 5 heteroatoms. The van der Waals surface area contributed by atoms with E-state index in [1.807, 2.05) is 24.3 Å². The second-order valence-corrected chi connectivity index (χ2v) is 5.30. The van der Waals surface area contributed by atoms with Gasteiger partial charge in [0.05, 0.1) is 30.6 Å². The Bertz CT molecular complexity index is 575. The number of carbonyl (C=O) groups excluding carboxylic acids is 1. The fraction of sp³-hybridized carbons (Fsp3) is 0.467. The number of aromatic nitrogens is 2. The van der Waals surface area contributed by atoms with Crippen molar-refractivity contribution in [3.05, 3.63) is 30.1 Å². The van der Waals surface area contributed by atoms with Gasteiger partial charge in [-0.3, -0.25) is 9.69 Å². The zero-order valence-corrected chi connectivity index (χ0v) is 11.6. The lowest BCUT2D eigenvalue weighted by Crippen LogP contribution is -2.38. The Hall–Kier alpha value is -1.88. The Labute approximate surface area is 117 Å². The quantitative estimate of drug-likeness (QED) is 0.868. The molecule has 1 saturated heterocycles. The minimum atomic E-state index is -0.0979. The van der Waals surface area contributed by atoms with Crippen molar-refractivity contribution in [2.75, 3.05) is 20.2 Å². The molecule has 0 spiro atoms.